The van der Waals surface area contributed by atoms with Crippen molar-refractivity contribution >= 4 is 40.7 Å². The summed E-state index contributed by atoms with van der Waals surface area (Å²) in [6, 6.07) is 12.2. The van der Waals surface area contributed by atoms with E-state index >= 15 is 0 Å². The van der Waals surface area contributed by atoms with Crippen LogP contribution in [0.5, 0.6) is 5.75 Å². The Bertz CT molecular complexity index is 966. The summed E-state index contributed by atoms with van der Waals surface area (Å²) in [5, 5.41) is 14.4. The van der Waals surface area contributed by atoms with E-state index < -0.39 is 5.97 Å². The van der Waals surface area contributed by atoms with Crippen molar-refractivity contribution in [3.05, 3.63) is 59.2 Å². The van der Waals surface area contributed by atoms with Gasteiger partial charge in [0.2, 0.25) is 5.95 Å². The highest BCUT2D eigenvalue weighted by Crippen LogP contribution is 2.26. The van der Waals surface area contributed by atoms with Gasteiger partial charge in [-0.2, -0.15) is 10.1 Å². The minimum absolute atomic E-state index is 0.222. The molecule has 1 aromatic heterocycles. The van der Waals surface area contributed by atoms with Crippen molar-refractivity contribution < 1.29 is 14.3 Å². The molecule has 9 heteroatoms. The molecule has 144 valence electrons. The third kappa shape index (κ3) is 4.86. The second-order valence-corrected chi connectivity index (χ2v) is 5.97. The summed E-state index contributed by atoms with van der Waals surface area (Å²) < 4.78 is 10.1. The quantitative estimate of drug-likeness (QED) is 0.570. The highest BCUT2D eigenvalue weighted by Gasteiger charge is 2.11. The number of aromatic nitrogens is 3. The molecule has 0 atom stereocenters. The summed E-state index contributed by atoms with van der Waals surface area (Å²) in [6.45, 7) is 2.54. The van der Waals surface area contributed by atoms with Crippen molar-refractivity contribution in [3.63, 3.8) is 0 Å². The van der Waals surface area contributed by atoms with Gasteiger partial charge in [0.1, 0.15) is 5.75 Å². The van der Waals surface area contributed by atoms with Crippen molar-refractivity contribution in [2.75, 3.05) is 24.4 Å². The zero-order valence-electron chi connectivity index (χ0n) is 15.3. The molecular formula is C19H18ClN5O3. The van der Waals surface area contributed by atoms with Gasteiger partial charge in [-0.15, -0.1) is 5.10 Å². The molecule has 0 spiro atoms. The van der Waals surface area contributed by atoms with Gasteiger partial charge < -0.3 is 20.1 Å². The number of halogens is 1. The molecule has 0 radical (unpaired) electrons. The van der Waals surface area contributed by atoms with Gasteiger partial charge in [0.25, 0.3) is 0 Å². The zero-order chi connectivity index (χ0) is 19.9. The smallest absolute Gasteiger partial charge is 0.337 e. The third-order valence-electron chi connectivity index (χ3n) is 3.63. The molecule has 2 aromatic carbocycles. The van der Waals surface area contributed by atoms with Crippen molar-refractivity contribution in [2.24, 2.45) is 0 Å². The van der Waals surface area contributed by atoms with E-state index in [4.69, 9.17) is 21.1 Å². The molecule has 3 rings (SSSR count). The molecule has 0 aliphatic heterocycles. The molecule has 3 aromatic rings. The van der Waals surface area contributed by atoms with E-state index in [1.165, 1.54) is 13.3 Å². The van der Waals surface area contributed by atoms with Crippen LogP contribution >= 0.6 is 11.6 Å². The monoisotopic (exact) mass is 399 g/mol. The van der Waals surface area contributed by atoms with Gasteiger partial charge in [0, 0.05) is 5.69 Å². The number of anilines is 4. The highest BCUT2D eigenvalue weighted by molar-refractivity contribution is 6.33. The number of carbonyl (C=O) groups excluding carboxylic acids is 1. The predicted octanol–water partition coefficient (Wildman–Crippen LogP) is 4.20. The lowest BCUT2D eigenvalue weighted by Crippen LogP contribution is -2.05. The van der Waals surface area contributed by atoms with E-state index in [-0.39, 0.29) is 5.95 Å². The van der Waals surface area contributed by atoms with Gasteiger partial charge in [-0.25, -0.2) is 4.79 Å². The molecule has 0 saturated heterocycles. The van der Waals surface area contributed by atoms with Crippen LogP contribution in [-0.4, -0.2) is 34.9 Å². The van der Waals surface area contributed by atoms with E-state index in [0.717, 1.165) is 11.4 Å². The number of ether oxygens (including phenoxy) is 2. The van der Waals surface area contributed by atoms with Crippen LogP contribution in [0.1, 0.15) is 17.3 Å². The van der Waals surface area contributed by atoms with Crippen molar-refractivity contribution in [2.45, 2.75) is 6.92 Å². The molecule has 2 N–H and O–H groups in total. The van der Waals surface area contributed by atoms with E-state index in [1.54, 1.807) is 18.2 Å². The van der Waals surface area contributed by atoms with Crippen LogP contribution in [-0.2, 0) is 4.74 Å². The largest absolute Gasteiger partial charge is 0.494 e. The van der Waals surface area contributed by atoms with Gasteiger partial charge in [-0.1, -0.05) is 11.6 Å². The molecule has 0 aliphatic rings. The van der Waals surface area contributed by atoms with Crippen LogP contribution in [0.25, 0.3) is 0 Å². The summed E-state index contributed by atoms with van der Waals surface area (Å²) in [5.41, 5.74) is 1.64. The highest BCUT2D eigenvalue weighted by atomic mass is 35.5. The fourth-order valence-corrected chi connectivity index (χ4v) is 2.52. The first kappa shape index (κ1) is 19.4. The minimum Gasteiger partial charge on any atom is -0.494 e. The zero-order valence-corrected chi connectivity index (χ0v) is 16.0. The first-order valence-electron chi connectivity index (χ1n) is 8.43. The molecule has 0 unspecified atom stereocenters. The standard InChI is InChI=1S/C19H18ClN5O3/c1-3-28-14-7-5-13(6-8-14)22-17-11-21-25-19(24-17)23-16-10-12(18(26)27-2)4-9-15(16)20/h4-11H,3H2,1-2H3,(H2,22,23,24,25). The number of carbonyl (C=O) groups is 1. The molecule has 8 nitrogen and oxygen atoms in total. The number of nitrogens with zero attached hydrogens (tertiary/aromatic N) is 3. The Labute approximate surface area is 166 Å². The molecule has 0 fully saturated rings. The van der Waals surface area contributed by atoms with Gasteiger partial charge in [0.15, 0.2) is 5.82 Å². The van der Waals surface area contributed by atoms with E-state index in [0.29, 0.717) is 28.7 Å². The number of esters is 1. The van der Waals surface area contributed by atoms with Crippen molar-refractivity contribution in [1.29, 1.82) is 0 Å². The van der Waals surface area contributed by atoms with Crippen LogP contribution in [0.4, 0.5) is 23.1 Å². The fraction of sp³-hybridized carbons (Fsp3) is 0.158. The average molecular weight is 400 g/mol. The summed E-state index contributed by atoms with van der Waals surface area (Å²) >= 11 is 6.19. The normalized spacial score (nSPS) is 10.2. The van der Waals surface area contributed by atoms with E-state index in [1.807, 2.05) is 31.2 Å². The first-order chi connectivity index (χ1) is 13.6. The number of rotatable bonds is 7. The Balaban J connectivity index is 1.75. The van der Waals surface area contributed by atoms with Crippen LogP contribution in [0.3, 0.4) is 0 Å². The molecule has 0 amide bonds. The Morgan fingerprint density at radius 2 is 1.93 bits per heavy atom. The topological polar surface area (TPSA) is 98.3 Å². The molecular weight excluding hydrogens is 382 g/mol. The van der Waals surface area contributed by atoms with Gasteiger partial charge in [-0.05, 0) is 49.4 Å². The van der Waals surface area contributed by atoms with Crippen LogP contribution in [0.2, 0.25) is 5.02 Å². The van der Waals surface area contributed by atoms with Crippen molar-refractivity contribution in [3.8, 4) is 5.75 Å². The van der Waals surface area contributed by atoms with Crippen LogP contribution in [0, 0.1) is 0 Å². The Kier molecular flexibility index (Phi) is 6.23. The molecule has 28 heavy (non-hydrogen) atoms. The lowest BCUT2D eigenvalue weighted by molar-refractivity contribution is 0.0601. The Morgan fingerprint density at radius 3 is 2.64 bits per heavy atom. The summed E-state index contributed by atoms with van der Waals surface area (Å²) in [6.07, 6.45) is 1.49. The van der Waals surface area contributed by atoms with Crippen molar-refractivity contribution in [1.82, 2.24) is 15.2 Å². The summed E-state index contributed by atoms with van der Waals surface area (Å²) in [7, 11) is 1.31. The fourth-order valence-electron chi connectivity index (χ4n) is 2.35. The van der Waals surface area contributed by atoms with Crippen LogP contribution < -0.4 is 15.4 Å². The first-order valence-corrected chi connectivity index (χ1v) is 8.81. The summed E-state index contributed by atoms with van der Waals surface area (Å²) in [5.74, 6) is 1.03. The average Bonchev–Trinajstić information content (AvgIpc) is 2.71. The minimum atomic E-state index is -0.468. The Morgan fingerprint density at radius 1 is 1.14 bits per heavy atom. The third-order valence-corrected chi connectivity index (χ3v) is 3.96. The molecule has 0 bridgehead atoms. The molecule has 0 saturated carbocycles. The Hall–Kier alpha value is -3.39. The number of nitrogens with one attached hydrogen (secondary N) is 2. The lowest BCUT2D eigenvalue weighted by atomic mass is 10.2. The summed E-state index contributed by atoms with van der Waals surface area (Å²) in [4.78, 5) is 16.1. The number of methoxy groups -OCH3 is 1. The lowest BCUT2D eigenvalue weighted by Gasteiger charge is -2.10. The van der Waals surface area contributed by atoms with Crippen LogP contribution in [0.15, 0.2) is 48.7 Å². The van der Waals surface area contributed by atoms with Gasteiger partial charge in [0.05, 0.1) is 36.2 Å². The maximum Gasteiger partial charge on any atom is 0.337 e. The second kappa shape index (κ2) is 9.01. The van der Waals surface area contributed by atoms with Gasteiger partial charge in [-0.3, -0.25) is 0 Å². The van der Waals surface area contributed by atoms with E-state index in [2.05, 4.69) is 25.8 Å². The SMILES string of the molecule is CCOc1ccc(Nc2cnnc(Nc3cc(C(=O)OC)ccc3Cl)n2)cc1. The number of hydrogen-bond donors (Lipinski definition) is 2. The van der Waals surface area contributed by atoms with Gasteiger partial charge >= 0.3 is 5.97 Å². The number of hydrogen-bond acceptors (Lipinski definition) is 8. The maximum absolute atomic E-state index is 11.7. The predicted molar refractivity (Wildman–Crippen MR) is 107 cm³/mol. The number of benzene rings is 2. The van der Waals surface area contributed by atoms with E-state index in [9.17, 15) is 4.79 Å². The maximum atomic E-state index is 11.7. The second-order valence-electron chi connectivity index (χ2n) is 5.56. The molecule has 1 heterocycles. The molecule has 0 aliphatic carbocycles.